The standard InChI is InChI=1S/C22H24N6O4/c1-13-6-8-16(9-7-13)11-26-18-19(23-21(26)28-15(3)10-14(2)24-28)25(4)22(31)27(20(18)30)12-17(29)32-5/h6-10H,11-12H2,1-5H3. The van der Waals surface area contributed by atoms with Crippen molar-refractivity contribution in [1.29, 1.82) is 0 Å². The van der Waals surface area contributed by atoms with E-state index in [-0.39, 0.29) is 11.2 Å². The van der Waals surface area contributed by atoms with Gasteiger partial charge in [0, 0.05) is 12.7 Å². The molecule has 0 aliphatic heterocycles. The Morgan fingerprint density at radius 1 is 1.06 bits per heavy atom. The van der Waals surface area contributed by atoms with Crippen LogP contribution in [0, 0.1) is 20.8 Å². The Morgan fingerprint density at radius 3 is 2.34 bits per heavy atom. The van der Waals surface area contributed by atoms with E-state index in [4.69, 9.17) is 0 Å². The molecule has 0 bridgehead atoms. The topological polar surface area (TPSA) is 106 Å². The zero-order valence-electron chi connectivity index (χ0n) is 18.6. The average molecular weight is 436 g/mol. The second-order valence-corrected chi connectivity index (χ2v) is 7.80. The SMILES string of the molecule is COC(=O)Cn1c(=O)c2c(nc(-n3nc(C)cc3C)n2Cc2ccc(C)cc2)n(C)c1=O. The summed E-state index contributed by atoms with van der Waals surface area (Å²) in [5.74, 6) is -0.277. The average Bonchev–Trinajstić information content (AvgIpc) is 3.30. The van der Waals surface area contributed by atoms with E-state index in [0.29, 0.717) is 12.5 Å². The van der Waals surface area contributed by atoms with Gasteiger partial charge in [-0.05, 0) is 32.4 Å². The van der Waals surface area contributed by atoms with Crippen molar-refractivity contribution in [3.63, 3.8) is 0 Å². The Morgan fingerprint density at radius 2 is 1.75 bits per heavy atom. The maximum Gasteiger partial charge on any atom is 0.333 e. The van der Waals surface area contributed by atoms with Crippen molar-refractivity contribution < 1.29 is 9.53 Å². The molecule has 10 nitrogen and oxygen atoms in total. The Hall–Kier alpha value is -3.95. The predicted molar refractivity (Wildman–Crippen MR) is 118 cm³/mol. The first-order valence-electron chi connectivity index (χ1n) is 10.1. The van der Waals surface area contributed by atoms with Gasteiger partial charge >= 0.3 is 11.7 Å². The summed E-state index contributed by atoms with van der Waals surface area (Å²) in [6.07, 6.45) is 0. The highest BCUT2D eigenvalue weighted by Crippen LogP contribution is 2.19. The van der Waals surface area contributed by atoms with Crippen LogP contribution >= 0.6 is 0 Å². The minimum Gasteiger partial charge on any atom is -0.468 e. The molecule has 4 rings (SSSR count). The number of aromatic nitrogens is 6. The van der Waals surface area contributed by atoms with E-state index in [1.807, 2.05) is 51.1 Å². The van der Waals surface area contributed by atoms with Crippen LogP contribution in [0.15, 0.2) is 39.9 Å². The first kappa shape index (κ1) is 21.3. The molecule has 0 unspecified atom stereocenters. The quantitative estimate of drug-likeness (QED) is 0.436. The molecule has 3 aromatic heterocycles. The van der Waals surface area contributed by atoms with Crippen molar-refractivity contribution in [3.05, 3.63) is 73.7 Å². The minimum absolute atomic E-state index is 0.208. The van der Waals surface area contributed by atoms with Crippen LogP contribution in [0.25, 0.3) is 17.1 Å². The summed E-state index contributed by atoms with van der Waals surface area (Å²) in [5.41, 5.74) is 2.87. The van der Waals surface area contributed by atoms with Crippen LogP contribution in [0.3, 0.4) is 0 Å². The maximum atomic E-state index is 13.4. The summed E-state index contributed by atoms with van der Waals surface area (Å²) in [6.45, 7) is 5.61. The number of carbonyl (C=O) groups is 1. The number of benzene rings is 1. The predicted octanol–water partition coefficient (Wildman–Crippen LogP) is 1.23. The highest BCUT2D eigenvalue weighted by molar-refractivity contribution is 5.74. The van der Waals surface area contributed by atoms with Gasteiger partial charge in [-0.25, -0.2) is 14.0 Å². The van der Waals surface area contributed by atoms with Crippen LogP contribution in [-0.2, 0) is 29.7 Å². The van der Waals surface area contributed by atoms with Gasteiger partial charge in [0.05, 0.1) is 19.3 Å². The maximum absolute atomic E-state index is 13.4. The van der Waals surface area contributed by atoms with Crippen molar-refractivity contribution in [3.8, 4) is 5.95 Å². The summed E-state index contributed by atoms with van der Waals surface area (Å²) in [5, 5.41) is 4.52. The van der Waals surface area contributed by atoms with Gasteiger partial charge in [0.2, 0.25) is 5.95 Å². The monoisotopic (exact) mass is 436 g/mol. The molecule has 3 heterocycles. The Balaban J connectivity index is 2.05. The zero-order chi connectivity index (χ0) is 23.2. The van der Waals surface area contributed by atoms with Gasteiger partial charge in [0.25, 0.3) is 5.56 Å². The summed E-state index contributed by atoms with van der Waals surface area (Å²) in [6, 6.07) is 9.83. The molecule has 0 atom stereocenters. The van der Waals surface area contributed by atoms with Crippen molar-refractivity contribution in [2.75, 3.05) is 7.11 Å². The normalized spacial score (nSPS) is 11.3. The molecular weight excluding hydrogens is 412 g/mol. The minimum atomic E-state index is -0.688. The van der Waals surface area contributed by atoms with Gasteiger partial charge in [-0.15, -0.1) is 0 Å². The van der Waals surface area contributed by atoms with Gasteiger partial charge in [0.1, 0.15) is 6.54 Å². The van der Waals surface area contributed by atoms with E-state index in [0.717, 1.165) is 27.1 Å². The number of nitrogens with zero attached hydrogens (tertiary/aromatic N) is 6. The first-order chi connectivity index (χ1) is 15.2. The van der Waals surface area contributed by atoms with Crippen molar-refractivity contribution in [2.24, 2.45) is 7.05 Å². The number of aryl methyl sites for hydroxylation is 4. The van der Waals surface area contributed by atoms with E-state index < -0.39 is 23.8 Å². The number of methoxy groups -OCH3 is 1. The molecule has 32 heavy (non-hydrogen) atoms. The lowest BCUT2D eigenvalue weighted by molar-refractivity contribution is -0.141. The molecule has 4 aromatic rings. The second kappa shape index (κ2) is 7.95. The van der Waals surface area contributed by atoms with Gasteiger partial charge in [-0.3, -0.25) is 18.7 Å². The molecule has 0 amide bonds. The first-order valence-corrected chi connectivity index (χ1v) is 10.1. The fraction of sp³-hybridized carbons (Fsp3) is 0.318. The number of esters is 1. The van der Waals surface area contributed by atoms with Crippen molar-refractivity contribution in [2.45, 2.75) is 33.9 Å². The molecule has 0 spiro atoms. The molecule has 0 fully saturated rings. The molecule has 10 heteroatoms. The lowest BCUT2D eigenvalue weighted by Gasteiger charge is -2.11. The molecule has 166 valence electrons. The van der Waals surface area contributed by atoms with Crippen LogP contribution in [0.1, 0.15) is 22.5 Å². The summed E-state index contributed by atoms with van der Waals surface area (Å²) < 4.78 is 10.2. The molecule has 0 aliphatic rings. The molecule has 0 radical (unpaired) electrons. The number of carbonyl (C=O) groups excluding carboxylic acids is 1. The summed E-state index contributed by atoms with van der Waals surface area (Å²) >= 11 is 0. The van der Waals surface area contributed by atoms with Crippen molar-refractivity contribution >= 4 is 17.1 Å². The highest BCUT2D eigenvalue weighted by Gasteiger charge is 2.23. The Labute approximate surface area is 183 Å². The number of imidazole rings is 1. The molecule has 1 aromatic carbocycles. The lowest BCUT2D eigenvalue weighted by atomic mass is 10.1. The lowest BCUT2D eigenvalue weighted by Crippen LogP contribution is -2.41. The molecule has 0 aliphatic carbocycles. The fourth-order valence-corrected chi connectivity index (χ4v) is 3.71. The number of hydrogen-bond acceptors (Lipinski definition) is 6. The largest absolute Gasteiger partial charge is 0.468 e. The van der Waals surface area contributed by atoms with E-state index in [9.17, 15) is 14.4 Å². The van der Waals surface area contributed by atoms with Crippen molar-refractivity contribution in [1.82, 2.24) is 28.5 Å². The van der Waals surface area contributed by atoms with Crippen LogP contribution < -0.4 is 11.2 Å². The Kier molecular flexibility index (Phi) is 5.29. The second-order valence-electron chi connectivity index (χ2n) is 7.80. The van der Waals surface area contributed by atoms with Gasteiger partial charge < -0.3 is 4.74 Å². The third-order valence-corrected chi connectivity index (χ3v) is 5.39. The number of ether oxygens (including phenoxy) is 1. The third kappa shape index (κ3) is 3.53. The molecule has 0 saturated carbocycles. The third-order valence-electron chi connectivity index (χ3n) is 5.39. The molecular formula is C22H24N6O4. The highest BCUT2D eigenvalue weighted by atomic mass is 16.5. The van der Waals surface area contributed by atoms with Crippen LogP contribution in [0.4, 0.5) is 0 Å². The smallest absolute Gasteiger partial charge is 0.333 e. The van der Waals surface area contributed by atoms with E-state index in [2.05, 4.69) is 14.8 Å². The summed E-state index contributed by atoms with van der Waals surface area (Å²) in [7, 11) is 2.73. The Bertz CT molecular complexity index is 1450. The number of rotatable bonds is 5. The van der Waals surface area contributed by atoms with Gasteiger partial charge in [-0.1, -0.05) is 29.8 Å². The zero-order valence-corrected chi connectivity index (χ0v) is 18.6. The number of fused-ring (bicyclic) bond motifs is 1. The van der Waals surface area contributed by atoms with E-state index in [1.165, 1.54) is 18.7 Å². The fourth-order valence-electron chi connectivity index (χ4n) is 3.71. The summed E-state index contributed by atoms with van der Waals surface area (Å²) in [4.78, 5) is 42.7. The number of hydrogen-bond donors (Lipinski definition) is 0. The van der Waals surface area contributed by atoms with E-state index >= 15 is 0 Å². The molecule has 0 N–H and O–H groups in total. The molecule has 0 saturated heterocycles. The van der Waals surface area contributed by atoms with Gasteiger partial charge in [0.15, 0.2) is 11.2 Å². The van der Waals surface area contributed by atoms with Crippen LogP contribution in [0.5, 0.6) is 0 Å². The van der Waals surface area contributed by atoms with Crippen LogP contribution in [0.2, 0.25) is 0 Å². The van der Waals surface area contributed by atoms with E-state index in [1.54, 1.807) is 9.25 Å². The van der Waals surface area contributed by atoms with Crippen LogP contribution in [-0.4, -0.2) is 41.5 Å². The van der Waals surface area contributed by atoms with Gasteiger partial charge in [-0.2, -0.15) is 10.1 Å².